The number of aliphatic hydroxyl groups is 3. The fourth-order valence-corrected chi connectivity index (χ4v) is 2.50. The fourth-order valence-electron chi connectivity index (χ4n) is 2.50. The van der Waals surface area contributed by atoms with Gasteiger partial charge in [0.15, 0.2) is 0 Å². The van der Waals surface area contributed by atoms with Crippen molar-refractivity contribution >= 4 is 0 Å². The smallest absolute Gasteiger partial charge is 0.138 e. The zero-order valence-corrected chi connectivity index (χ0v) is 10.6. The first-order valence-electron chi connectivity index (χ1n) is 6.16. The Kier molecular flexibility index (Phi) is 4.01. The third-order valence-corrected chi connectivity index (χ3v) is 3.76. The van der Waals surface area contributed by atoms with Crippen LogP contribution in [0, 0.1) is 19.8 Å². The molecule has 1 saturated carbocycles. The van der Waals surface area contributed by atoms with Gasteiger partial charge >= 0.3 is 0 Å². The lowest BCUT2D eigenvalue weighted by Gasteiger charge is -2.17. The van der Waals surface area contributed by atoms with E-state index in [1.54, 1.807) is 0 Å². The molecule has 0 amide bonds. The average Bonchev–Trinajstić information content (AvgIpc) is 2.81. The van der Waals surface area contributed by atoms with Crippen LogP contribution < -0.4 is 5.32 Å². The number of aryl methyl sites for hydroxylation is 2. The molecule has 0 spiro atoms. The van der Waals surface area contributed by atoms with Gasteiger partial charge in [-0.15, -0.1) is 0 Å². The SMILES string of the molecule is Cc1noc(C)c1CNC1CC(CO)C(O)C1O. The molecule has 1 aromatic rings. The second-order valence-corrected chi connectivity index (χ2v) is 4.95. The van der Waals surface area contributed by atoms with Crippen LogP contribution in [-0.4, -0.2) is 45.3 Å². The Morgan fingerprint density at radius 2 is 2.06 bits per heavy atom. The van der Waals surface area contributed by atoms with E-state index in [0.29, 0.717) is 13.0 Å². The first-order valence-corrected chi connectivity index (χ1v) is 6.16. The second-order valence-electron chi connectivity index (χ2n) is 4.95. The van der Waals surface area contributed by atoms with Gasteiger partial charge in [-0.05, 0) is 20.3 Å². The van der Waals surface area contributed by atoms with Crippen molar-refractivity contribution in [3.63, 3.8) is 0 Å². The molecule has 6 heteroatoms. The molecule has 1 fully saturated rings. The van der Waals surface area contributed by atoms with E-state index in [-0.39, 0.29) is 18.6 Å². The Morgan fingerprint density at radius 3 is 2.56 bits per heavy atom. The Balaban J connectivity index is 1.95. The van der Waals surface area contributed by atoms with Crippen molar-refractivity contribution in [1.82, 2.24) is 10.5 Å². The van der Waals surface area contributed by atoms with E-state index in [1.807, 2.05) is 13.8 Å². The highest BCUT2D eigenvalue weighted by Gasteiger charge is 2.40. The van der Waals surface area contributed by atoms with Gasteiger partial charge in [0, 0.05) is 30.7 Å². The van der Waals surface area contributed by atoms with Crippen LogP contribution in [0.4, 0.5) is 0 Å². The van der Waals surface area contributed by atoms with E-state index in [0.717, 1.165) is 17.0 Å². The minimum absolute atomic E-state index is 0.109. The first kappa shape index (κ1) is 13.5. The molecule has 4 unspecified atom stereocenters. The zero-order valence-electron chi connectivity index (χ0n) is 10.6. The standard InChI is InChI=1S/C12H20N2O4/c1-6-9(7(2)18-14-6)4-13-10-3-8(5-15)11(16)12(10)17/h8,10-13,15-17H,3-5H2,1-2H3. The van der Waals surface area contributed by atoms with Crippen LogP contribution in [0.2, 0.25) is 0 Å². The number of hydrogen-bond acceptors (Lipinski definition) is 6. The molecule has 1 aliphatic rings. The van der Waals surface area contributed by atoms with Crippen LogP contribution in [0.15, 0.2) is 4.52 Å². The molecule has 2 rings (SSSR count). The average molecular weight is 256 g/mol. The van der Waals surface area contributed by atoms with Gasteiger partial charge in [-0.25, -0.2) is 0 Å². The van der Waals surface area contributed by atoms with Crippen molar-refractivity contribution in [2.24, 2.45) is 5.92 Å². The van der Waals surface area contributed by atoms with Gasteiger partial charge in [-0.2, -0.15) is 0 Å². The Hall–Kier alpha value is -0.950. The summed E-state index contributed by atoms with van der Waals surface area (Å²) >= 11 is 0. The molecule has 0 aromatic carbocycles. The van der Waals surface area contributed by atoms with Crippen molar-refractivity contribution in [1.29, 1.82) is 0 Å². The largest absolute Gasteiger partial charge is 0.396 e. The van der Waals surface area contributed by atoms with Crippen molar-refractivity contribution in [3.05, 3.63) is 17.0 Å². The molecule has 0 saturated heterocycles. The van der Waals surface area contributed by atoms with E-state index in [2.05, 4.69) is 10.5 Å². The second kappa shape index (κ2) is 5.36. The molecule has 0 bridgehead atoms. The van der Waals surface area contributed by atoms with Crippen molar-refractivity contribution in [2.75, 3.05) is 6.61 Å². The van der Waals surface area contributed by atoms with Gasteiger partial charge in [0.25, 0.3) is 0 Å². The highest BCUT2D eigenvalue weighted by molar-refractivity contribution is 5.20. The molecule has 0 radical (unpaired) electrons. The minimum Gasteiger partial charge on any atom is -0.396 e. The maximum atomic E-state index is 9.86. The number of hydrogen-bond donors (Lipinski definition) is 4. The molecule has 1 aromatic heterocycles. The van der Waals surface area contributed by atoms with E-state index in [1.165, 1.54) is 0 Å². The predicted molar refractivity (Wildman–Crippen MR) is 63.8 cm³/mol. The van der Waals surface area contributed by atoms with Gasteiger partial charge in [-0.3, -0.25) is 0 Å². The number of aliphatic hydroxyl groups excluding tert-OH is 3. The number of aromatic nitrogens is 1. The lowest BCUT2D eigenvalue weighted by atomic mass is 10.1. The lowest BCUT2D eigenvalue weighted by Crippen LogP contribution is -2.39. The molecular formula is C12H20N2O4. The third kappa shape index (κ3) is 2.42. The Morgan fingerprint density at radius 1 is 1.33 bits per heavy atom. The van der Waals surface area contributed by atoms with Gasteiger partial charge in [-0.1, -0.05) is 5.16 Å². The molecule has 1 heterocycles. The van der Waals surface area contributed by atoms with Crippen molar-refractivity contribution in [3.8, 4) is 0 Å². The molecular weight excluding hydrogens is 236 g/mol. The van der Waals surface area contributed by atoms with Crippen LogP contribution in [0.1, 0.15) is 23.4 Å². The number of rotatable bonds is 4. The van der Waals surface area contributed by atoms with Gasteiger partial charge in [0.1, 0.15) is 5.76 Å². The summed E-state index contributed by atoms with van der Waals surface area (Å²) in [6.45, 7) is 4.13. The summed E-state index contributed by atoms with van der Waals surface area (Å²) in [4.78, 5) is 0. The molecule has 102 valence electrons. The maximum absolute atomic E-state index is 9.86. The molecule has 6 nitrogen and oxygen atoms in total. The molecule has 4 atom stereocenters. The molecule has 4 N–H and O–H groups in total. The fraction of sp³-hybridized carbons (Fsp3) is 0.750. The van der Waals surface area contributed by atoms with Gasteiger partial charge in [0.05, 0.1) is 17.9 Å². The summed E-state index contributed by atoms with van der Waals surface area (Å²) in [6, 6.07) is -0.217. The lowest BCUT2D eigenvalue weighted by molar-refractivity contribution is -0.000347. The van der Waals surface area contributed by atoms with Crippen LogP contribution in [0.3, 0.4) is 0 Å². The molecule has 18 heavy (non-hydrogen) atoms. The highest BCUT2D eigenvalue weighted by Crippen LogP contribution is 2.26. The van der Waals surface area contributed by atoms with Crippen LogP contribution in [-0.2, 0) is 6.54 Å². The molecule has 1 aliphatic carbocycles. The minimum atomic E-state index is -0.864. The number of nitrogens with zero attached hydrogens (tertiary/aromatic N) is 1. The van der Waals surface area contributed by atoms with Crippen molar-refractivity contribution in [2.45, 2.75) is 45.1 Å². The summed E-state index contributed by atoms with van der Waals surface area (Å²) in [5, 5.41) is 35.7. The van der Waals surface area contributed by atoms with E-state index >= 15 is 0 Å². The zero-order chi connectivity index (χ0) is 13.3. The summed E-state index contributed by atoms with van der Waals surface area (Å²) in [5.74, 6) is 0.494. The summed E-state index contributed by atoms with van der Waals surface area (Å²) in [7, 11) is 0. The monoisotopic (exact) mass is 256 g/mol. The first-order chi connectivity index (χ1) is 8.54. The van der Waals surface area contributed by atoms with E-state index in [4.69, 9.17) is 9.63 Å². The quantitative estimate of drug-likeness (QED) is 0.579. The van der Waals surface area contributed by atoms with E-state index in [9.17, 15) is 10.2 Å². The number of nitrogens with one attached hydrogen (secondary N) is 1. The van der Waals surface area contributed by atoms with Crippen LogP contribution >= 0.6 is 0 Å². The molecule has 0 aliphatic heterocycles. The van der Waals surface area contributed by atoms with Gasteiger partial charge < -0.3 is 25.2 Å². The van der Waals surface area contributed by atoms with E-state index < -0.39 is 12.2 Å². The van der Waals surface area contributed by atoms with Crippen molar-refractivity contribution < 1.29 is 19.8 Å². The summed E-state index contributed by atoms with van der Waals surface area (Å²) < 4.78 is 5.06. The summed E-state index contributed by atoms with van der Waals surface area (Å²) in [5.41, 5.74) is 1.80. The Labute approximate surface area is 106 Å². The normalized spacial score (nSPS) is 32.1. The third-order valence-electron chi connectivity index (χ3n) is 3.76. The van der Waals surface area contributed by atoms with Gasteiger partial charge in [0.2, 0.25) is 0 Å². The maximum Gasteiger partial charge on any atom is 0.138 e. The van der Waals surface area contributed by atoms with Crippen LogP contribution in [0.25, 0.3) is 0 Å². The van der Waals surface area contributed by atoms with Crippen LogP contribution in [0.5, 0.6) is 0 Å². The summed E-state index contributed by atoms with van der Waals surface area (Å²) in [6.07, 6.45) is -1.15. The topological polar surface area (TPSA) is 98.8 Å². The predicted octanol–water partition coefficient (Wildman–Crippen LogP) is -0.516. The highest BCUT2D eigenvalue weighted by atomic mass is 16.5. The Bertz CT molecular complexity index is 387.